The lowest BCUT2D eigenvalue weighted by Crippen LogP contribution is -2.28. The van der Waals surface area contributed by atoms with Gasteiger partial charge in [-0.1, -0.05) is 23.5 Å². The number of para-hydroxylation sites is 1. The number of halogens is 1. The predicted molar refractivity (Wildman–Crippen MR) is 111 cm³/mol. The lowest BCUT2D eigenvalue weighted by atomic mass is 10.3. The fourth-order valence-electron chi connectivity index (χ4n) is 2.16. The van der Waals surface area contributed by atoms with Gasteiger partial charge >= 0.3 is 6.03 Å². The van der Waals surface area contributed by atoms with Gasteiger partial charge in [0.15, 0.2) is 0 Å². The van der Waals surface area contributed by atoms with Gasteiger partial charge < -0.3 is 20.7 Å². The van der Waals surface area contributed by atoms with Gasteiger partial charge in [0, 0.05) is 10.2 Å². The Morgan fingerprint density at radius 1 is 1.07 bits per heavy atom. The van der Waals surface area contributed by atoms with E-state index >= 15 is 0 Å². The molecule has 1 heterocycles. The third kappa shape index (κ3) is 5.27. The normalized spacial score (nSPS) is 10.2. The van der Waals surface area contributed by atoms with Gasteiger partial charge in [0.05, 0.1) is 19.3 Å². The van der Waals surface area contributed by atoms with Crippen molar-refractivity contribution in [3.63, 3.8) is 0 Å². The van der Waals surface area contributed by atoms with Gasteiger partial charge in [-0.15, -0.1) is 10.2 Å². The van der Waals surface area contributed by atoms with Crippen molar-refractivity contribution in [2.24, 2.45) is 0 Å². The van der Waals surface area contributed by atoms with Crippen molar-refractivity contribution in [1.29, 1.82) is 0 Å². The maximum absolute atomic E-state index is 12.3. The second-order valence-electron chi connectivity index (χ2n) is 5.47. The van der Waals surface area contributed by atoms with Crippen LogP contribution >= 0.6 is 27.3 Å². The van der Waals surface area contributed by atoms with Crippen LogP contribution in [0.3, 0.4) is 0 Å². The zero-order chi connectivity index (χ0) is 19.9. The van der Waals surface area contributed by atoms with Gasteiger partial charge in [-0.05, 0) is 52.3 Å². The van der Waals surface area contributed by atoms with Crippen molar-refractivity contribution in [2.75, 3.05) is 17.7 Å². The van der Waals surface area contributed by atoms with E-state index in [-0.39, 0.29) is 23.5 Å². The number of carbonyl (C=O) groups excluding carboxylic acids is 2. The van der Waals surface area contributed by atoms with Crippen LogP contribution in [0, 0.1) is 0 Å². The molecule has 0 radical (unpaired) electrons. The highest BCUT2D eigenvalue weighted by molar-refractivity contribution is 9.10. The molecule has 144 valence electrons. The van der Waals surface area contributed by atoms with Crippen molar-refractivity contribution in [3.8, 4) is 5.75 Å². The molecular formula is C18H16BrN5O3S. The molecule has 0 atom stereocenters. The second kappa shape index (κ2) is 9.29. The molecule has 0 unspecified atom stereocenters. The summed E-state index contributed by atoms with van der Waals surface area (Å²) in [6.07, 6.45) is 0. The Balaban J connectivity index is 1.52. The molecule has 3 N–H and O–H groups in total. The number of aromatic nitrogens is 2. The van der Waals surface area contributed by atoms with Crippen molar-refractivity contribution < 1.29 is 14.3 Å². The first-order valence-corrected chi connectivity index (χ1v) is 9.73. The molecule has 0 aliphatic rings. The summed E-state index contributed by atoms with van der Waals surface area (Å²) >= 11 is 4.47. The number of methoxy groups -OCH3 is 1. The average Bonchev–Trinajstić information content (AvgIpc) is 3.18. The number of hydrogen-bond acceptors (Lipinski definition) is 6. The number of carbonyl (C=O) groups is 2. The minimum atomic E-state index is -0.383. The summed E-state index contributed by atoms with van der Waals surface area (Å²) in [6.45, 7) is 0.157. The summed E-state index contributed by atoms with van der Waals surface area (Å²) in [5.74, 6) is 0.328. The van der Waals surface area contributed by atoms with Crippen molar-refractivity contribution in [3.05, 3.63) is 63.0 Å². The summed E-state index contributed by atoms with van der Waals surface area (Å²) < 4.78 is 5.85. The first kappa shape index (κ1) is 19.8. The Kier molecular flexibility index (Phi) is 6.56. The fourth-order valence-corrected chi connectivity index (χ4v) is 3.22. The first-order chi connectivity index (χ1) is 13.5. The molecule has 0 aliphatic carbocycles. The molecule has 0 aliphatic heterocycles. The molecule has 1 aromatic heterocycles. The van der Waals surface area contributed by atoms with Gasteiger partial charge in [0.25, 0.3) is 5.91 Å². The summed E-state index contributed by atoms with van der Waals surface area (Å²) in [5.41, 5.74) is 1.27. The summed E-state index contributed by atoms with van der Waals surface area (Å²) in [5, 5.41) is 16.7. The van der Waals surface area contributed by atoms with Crippen molar-refractivity contribution in [2.45, 2.75) is 6.54 Å². The van der Waals surface area contributed by atoms with E-state index in [4.69, 9.17) is 4.74 Å². The topological polar surface area (TPSA) is 105 Å². The molecule has 0 saturated heterocycles. The lowest BCUT2D eigenvalue weighted by Gasteiger charge is -2.07. The monoisotopic (exact) mass is 461 g/mol. The molecule has 8 nitrogen and oxygen atoms in total. The van der Waals surface area contributed by atoms with Gasteiger partial charge in [0.2, 0.25) is 5.01 Å². The number of amides is 3. The van der Waals surface area contributed by atoms with E-state index < -0.39 is 0 Å². The highest BCUT2D eigenvalue weighted by Crippen LogP contribution is 2.21. The second-order valence-corrected chi connectivity index (χ2v) is 7.39. The number of anilines is 2. The minimum Gasteiger partial charge on any atom is -0.497 e. The van der Waals surface area contributed by atoms with Crippen LogP contribution in [0.2, 0.25) is 0 Å². The fraction of sp³-hybridized carbons (Fsp3) is 0.111. The maximum Gasteiger partial charge on any atom is 0.319 e. The summed E-state index contributed by atoms with van der Waals surface area (Å²) in [6, 6.07) is 13.8. The van der Waals surface area contributed by atoms with E-state index in [0.717, 1.165) is 15.8 Å². The van der Waals surface area contributed by atoms with Crippen molar-refractivity contribution >= 4 is 50.6 Å². The van der Waals surface area contributed by atoms with Crippen LogP contribution in [0.4, 0.5) is 16.2 Å². The van der Waals surface area contributed by atoms with Crippen LogP contribution in [-0.4, -0.2) is 29.2 Å². The molecule has 28 heavy (non-hydrogen) atoms. The average molecular weight is 462 g/mol. The van der Waals surface area contributed by atoms with E-state index in [1.165, 1.54) is 0 Å². The molecular weight excluding hydrogens is 446 g/mol. The molecule has 2 aromatic carbocycles. The molecule has 0 saturated carbocycles. The van der Waals surface area contributed by atoms with Gasteiger partial charge in [-0.25, -0.2) is 4.79 Å². The van der Waals surface area contributed by atoms with E-state index in [1.54, 1.807) is 37.4 Å². The maximum atomic E-state index is 12.3. The molecule has 3 aromatic rings. The van der Waals surface area contributed by atoms with Gasteiger partial charge in [0.1, 0.15) is 10.8 Å². The Bertz CT molecular complexity index is 977. The lowest BCUT2D eigenvalue weighted by molar-refractivity contribution is 0.102. The number of nitrogens with zero attached hydrogens (tertiary/aromatic N) is 2. The van der Waals surface area contributed by atoms with Crippen LogP contribution in [-0.2, 0) is 6.54 Å². The Labute approximate surface area is 173 Å². The number of rotatable bonds is 6. The third-order valence-corrected chi connectivity index (χ3v) is 5.14. The van der Waals surface area contributed by atoms with Gasteiger partial charge in [-0.2, -0.15) is 0 Å². The summed E-state index contributed by atoms with van der Waals surface area (Å²) in [4.78, 5) is 24.3. The number of urea groups is 1. The van der Waals surface area contributed by atoms with E-state index in [1.807, 2.05) is 18.2 Å². The Morgan fingerprint density at radius 3 is 2.54 bits per heavy atom. The van der Waals surface area contributed by atoms with Gasteiger partial charge in [-0.3, -0.25) is 4.79 Å². The van der Waals surface area contributed by atoms with Crippen LogP contribution in [0.1, 0.15) is 14.8 Å². The van der Waals surface area contributed by atoms with Crippen molar-refractivity contribution in [1.82, 2.24) is 15.5 Å². The minimum absolute atomic E-state index is 0.157. The number of hydrogen-bond donors (Lipinski definition) is 3. The number of ether oxygens (including phenoxy) is 1. The van der Waals surface area contributed by atoms with E-state index in [0.29, 0.717) is 22.1 Å². The molecule has 3 amide bonds. The molecule has 3 rings (SSSR count). The highest BCUT2D eigenvalue weighted by atomic mass is 79.9. The largest absolute Gasteiger partial charge is 0.497 e. The standard InChI is InChI=1S/C18H16BrN5O3S/c1-27-12-8-6-11(7-9-12)21-16(25)17-24-23-15(28-17)10-20-18(26)22-14-5-3-2-4-13(14)19/h2-9H,10H2,1H3,(H,21,25)(H2,20,22,26). The quantitative estimate of drug-likeness (QED) is 0.516. The SMILES string of the molecule is COc1ccc(NC(=O)c2nnc(CNC(=O)Nc3ccccc3Br)s2)cc1. The number of nitrogens with one attached hydrogen (secondary N) is 3. The zero-order valence-corrected chi connectivity index (χ0v) is 17.1. The zero-order valence-electron chi connectivity index (χ0n) is 14.7. The van der Waals surface area contributed by atoms with E-state index in [2.05, 4.69) is 42.1 Å². The van der Waals surface area contributed by atoms with Crippen LogP contribution in [0.5, 0.6) is 5.75 Å². The molecule has 0 fully saturated rings. The van der Waals surface area contributed by atoms with E-state index in [9.17, 15) is 9.59 Å². The third-order valence-electron chi connectivity index (χ3n) is 3.53. The Hall–Kier alpha value is -2.98. The Morgan fingerprint density at radius 2 is 1.82 bits per heavy atom. The van der Waals surface area contributed by atoms with Crippen LogP contribution in [0.25, 0.3) is 0 Å². The summed E-state index contributed by atoms with van der Waals surface area (Å²) in [7, 11) is 1.57. The van der Waals surface area contributed by atoms with Crippen LogP contribution < -0.4 is 20.7 Å². The highest BCUT2D eigenvalue weighted by Gasteiger charge is 2.14. The molecule has 0 bridgehead atoms. The van der Waals surface area contributed by atoms with Crippen LogP contribution in [0.15, 0.2) is 53.0 Å². The smallest absolute Gasteiger partial charge is 0.319 e. The molecule has 0 spiro atoms. The first-order valence-electron chi connectivity index (χ1n) is 8.12. The number of benzene rings is 2. The predicted octanol–water partition coefficient (Wildman–Crippen LogP) is 3.88. The molecule has 10 heteroatoms.